The van der Waals surface area contributed by atoms with Crippen LogP contribution >= 0.6 is 0 Å². The molecule has 8 N–H and O–H groups in total. The van der Waals surface area contributed by atoms with Crippen molar-refractivity contribution in [2.45, 2.75) is 38.8 Å². The first-order valence-corrected chi connectivity index (χ1v) is 12.4. The van der Waals surface area contributed by atoms with Gasteiger partial charge in [0, 0.05) is 13.1 Å². The molecule has 0 spiro atoms. The van der Waals surface area contributed by atoms with Crippen LogP contribution in [-0.2, 0) is 13.1 Å². The maximum absolute atomic E-state index is 6.13. The number of nitrogens with two attached hydrogens (primary N) is 2. The zero-order valence-electron chi connectivity index (χ0n) is 20.1. The van der Waals surface area contributed by atoms with E-state index in [0.29, 0.717) is 0 Å². The van der Waals surface area contributed by atoms with Gasteiger partial charge in [-0.2, -0.15) is 0 Å². The summed E-state index contributed by atoms with van der Waals surface area (Å²) in [6.45, 7) is 9.12. The molecule has 0 amide bonds. The second-order valence-electron chi connectivity index (χ2n) is 8.25. The smallest absolute Gasteiger partial charge is 0.128 e. The SMILES string of the molecule is NCCCNCCCNCc1cc(CNCCCNCCCN)cc(Oc2ccccc2)c1. The lowest BCUT2D eigenvalue weighted by Crippen LogP contribution is -2.24. The van der Waals surface area contributed by atoms with Gasteiger partial charge in [-0.3, -0.25) is 0 Å². The van der Waals surface area contributed by atoms with E-state index in [1.54, 1.807) is 0 Å². The van der Waals surface area contributed by atoms with Gasteiger partial charge in [-0.05, 0) is 113 Å². The number of benzene rings is 2. The van der Waals surface area contributed by atoms with Gasteiger partial charge in [0.2, 0.25) is 0 Å². The van der Waals surface area contributed by atoms with Gasteiger partial charge in [0.15, 0.2) is 0 Å². The fourth-order valence-electron chi connectivity index (χ4n) is 3.46. The summed E-state index contributed by atoms with van der Waals surface area (Å²) in [6, 6.07) is 16.5. The van der Waals surface area contributed by atoms with E-state index in [-0.39, 0.29) is 0 Å². The van der Waals surface area contributed by atoms with E-state index < -0.39 is 0 Å². The van der Waals surface area contributed by atoms with E-state index in [1.165, 1.54) is 11.1 Å². The summed E-state index contributed by atoms with van der Waals surface area (Å²) in [5, 5.41) is 13.9. The average Bonchev–Trinajstić information content (AvgIpc) is 2.83. The normalized spacial score (nSPS) is 11.1. The van der Waals surface area contributed by atoms with Crippen molar-refractivity contribution < 1.29 is 4.74 Å². The lowest BCUT2D eigenvalue weighted by molar-refractivity contribution is 0.480. The molecule has 184 valence electrons. The Morgan fingerprint density at radius 3 is 1.55 bits per heavy atom. The number of rotatable bonds is 20. The molecule has 2 aromatic rings. The van der Waals surface area contributed by atoms with Crippen molar-refractivity contribution in [1.82, 2.24) is 21.3 Å². The van der Waals surface area contributed by atoms with Crippen LogP contribution in [0.15, 0.2) is 48.5 Å². The first-order valence-electron chi connectivity index (χ1n) is 12.4. The number of ether oxygens (including phenoxy) is 1. The second kappa shape index (κ2) is 18.4. The molecule has 2 rings (SSSR count). The molecule has 33 heavy (non-hydrogen) atoms. The van der Waals surface area contributed by atoms with Crippen molar-refractivity contribution in [3.63, 3.8) is 0 Å². The zero-order valence-corrected chi connectivity index (χ0v) is 20.1. The van der Waals surface area contributed by atoms with Crippen LogP contribution in [0.4, 0.5) is 0 Å². The zero-order chi connectivity index (χ0) is 23.4. The predicted octanol–water partition coefficient (Wildman–Crippen LogP) is 2.32. The molecule has 7 heteroatoms. The monoisotopic (exact) mass is 456 g/mol. The Labute approximate surface area is 200 Å². The molecular formula is C26H44N6O. The predicted molar refractivity (Wildman–Crippen MR) is 139 cm³/mol. The van der Waals surface area contributed by atoms with Crippen LogP contribution in [-0.4, -0.2) is 52.4 Å². The van der Waals surface area contributed by atoms with Crippen LogP contribution in [0.1, 0.15) is 36.8 Å². The van der Waals surface area contributed by atoms with E-state index >= 15 is 0 Å². The molecule has 0 unspecified atom stereocenters. The van der Waals surface area contributed by atoms with Crippen LogP contribution in [0, 0.1) is 0 Å². The minimum Gasteiger partial charge on any atom is -0.457 e. The summed E-state index contributed by atoms with van der Waals surface area (Å²) < 4.78 is 6.13. The summed E-state index contributed by atoms with van der Waals surface area (Å²) in [7, 11) is 0. The third-order valence-corrected chi connectivity index (χ3v) is 5.19. The van der Waals surface area contributed by atoms with Crippen LogP contribution in [0.5, 0.6) is 11.5 Å². The van der Waals surface area contributed by atoms with Gasteiger partial charge in [0.25, 0.3) is 0 Å². The van der Waals surface area contributed by atoms with Crippen molar-refractivity contribution in [3.05, 3.63) is 59.7 Å². The van der Waals surface area contributed by atoms with E-state index in [9.17, 15) is 0 Å². The fourth-order valence-corrected chi connectivity index (χ4v) is 3.46. The van der Waals surface area contributed by atoms with Gasteiger partial charge in [-0.15, -0.1) is 0 Å². The molecule has 0 saturated heterocycles. The maximum atomic E-state index is 6.13. The standard InChI is InChI=1S/C26H44N6O/c27-10-4-12-29-14-6-16-31-21-23-18-24(22-32-17-7-15-30-13-5-11-28)20-26(19-23)33-25-8-2-1-3-9-25/h1-3,8-9,18-20,29-32H,4-7,10-17,21-22,27-28H2. The summed E-state index contributed by atoms with van der Waals surface area (Å²) in [4.78, 5) is 0. The lowest BCUT2D eigenvalue weighted by atomic mass is 10.1. The highest BCUT2D eigenvalue weighted by molar-refractivity contribution is 5.38. The molecule has 0 saturated carbocycles. The van der Waals surface area contributed by atoms with Crippen molar-refractivity contribution in [1.29, 1.82) is 0 Å². The molecule has 0 heterocycles. The minimum absolute atomic E-state index is 0.746. The van der Waals surface area contributed by atoms with Gasteiger partial charge in [0.05, 0.1) is 0 Å². The van der Waals surface area contributed by atoms with Gasteiger partial charge < -0.3 is 37.5 Å². The van der Waals surface area contributed by atoms with Gasteiger partial charge in [-0.1, -0.05) is 24.3 Å². The van der Waals surface area contributed by atoms with Gasteiger partial charge >= 0.3 is 0 Å². The second-order valence-corrected chi connectivity index (χ2v) is 8.25. The molecule has 0 bridgehead atoms. The molecule has 2 aromatic carbocycles. The third-order valence-electron chi connectivity index (χ3n) is 5.19. The highest BCUT2D eigenvalue weighted by Crippen LogP contribution is 2.24. The average molecular weight is 457 g/mol. The quantitative estimate of drug-likeness (QED) is 0.170. The molecule has 0 radical (unpaired) electrons. The molecule has 0 fully saturated rings. The number of hydrogen-bond acceptors (Lipinski definition) is 7. The molecule has 0 atom stereocenters. The Morgan fingerprint density at radius 2 is 1.03 bits per heavy atom. The third kappa shape index (κ3) is 13.3. The van der Waals surface area contributed by atoms with Crippen LogP contribution < -0.4 is 37.5 Å². The summed E-state index contributed by atoms with van der Waals surface area (Å²) in [5.41, 5.74) is 13.5. The van der Waals surface area contributed by atoms with E-state index in [1.807, 2.05) is 30.3 Å². The summed E-state index contributed by atoms with van der Waals surface area (Å²) in [5.74, 6) is 1.73. The highest BCUT2D eigenvalue weighted by Gasteiger charge is 2.04. The summed E-state index contributed by atoms with van der Waals surface area (Å²) >= 11 is 0. The number of hydrogen-bond donors (Lipinski definition) is 6. The fraction of sp³-hybridized carbons (Fsp3) is 0.538. The summed E-state index contributed by atoms with van der Waals surface area (Å²) in [6.07, 6.45) is 4.25. The van der Waals surface area contributed by atoms with Crippen molar-refractivity contribution in [2.24, 2.45) is 11.5 Å². The Hall–Kier alpha value is -2.00. The highest BCUT2D eigenvalue weighted by atomic mass is 16.5. The Balaban J connectivity index is 1.81. The maximum Gasteiger partial charge on any atom is 0.128 e. The van der Waals surface area contributed by atoms with Crippen LogP contribution in [0.3, 0.4) is 0 Å². The molecule has 0 aliphatic carbocycles. The Bertz CT molecular complexity index is 690. The molecule has 0 aliphatic heterocycles. The Morgan fingerprint density at radius 1 is 0.545 bits per heavy atom. The van der Waals surface area contributed by atoms with Gasteiger partial charge in [-0.25, -0.2) is 0 Å². The minimum atomic E-state index is 0.746. The van der Waals surface area contributed by atoms with Crippen molar-refractivity contribution >= 4 is 0 Å². The van der Waals surface area contributed by atoms with Gasteiger partial charge in [0.1, 0.15) is 11.5 Å². The van der Waals surface area contributed by atoms with Crippen LogP contribution in [0.25, 0.3) is 0 Å². The van der Waals surface area contributed by atoms with E-state index in [0.717, 1.165) is 103 Å². The van der Waals surface area contributed by atoms with E-state index in [4.69, 9.17) is 16.2 Å². The Kier molecular flexibility index (Phi) is 15.2. The van der Waals surface area contributed by atoms with Crippen molar-refractivity contribution in [2.75, 3.05) is 52.4 Å². The molecule has 0 aromatic heterocycles. The number of para-hydroxylation sites is 1. The van der Waals surface area contributed by atoms with Crippen molar-refractivity contribution in [3.8, 4) is 11.5 Å². The molecular weight excluding hydrogens is 412 g/mol. The lowest BCUT2D eigenvalue weighted by Gasteiger charge is -2.13. The first kappa shape index (κ1) is 27.2. The topological polar surface area (TPSA) is 109 Å². The van der Waals surface area contributed by atoms with E-state index in [2.05, 4.69) is 39.5 Å². The van der Waals surface area contributed by atoms with Crippen LogP contribution in [0.2, 0.25) is 0 Å². The number of nitrogens with one attached hydrogen (secondary N) is 4. The molecule has 7 nitrogen and oxygen atoms in total. The molecule has 0 aliphatic rings. The largest absolute Gasteiger partial charge is 0.457 e. The first-order chi connectivity index (χ1) is 16.3.